The summed E-state index contributed by atoms with van der Waals surface area (Å²) in [5.41, 5.74) is 1.76. The number of esters is 1. The monoisotopic (exact) mass is 808 g/mol. The third-order valence-corrected chi connectivity index (χ3v) is 12.0. The van der Waals surface area contributed by atoms with E-state index in [-0.39, 0.29) is 44.5 Å². The van der Waals surface area contributed by atoms with Gasteiger partial charge in [-0.15, -0.1) is 0 Å². The van der Waals surface area contributed by atoms with Gasteiger partial charge in [-0.25, -0.2) is 0 Å². The Morgan fingerprint density at radius 2 is 1.57 bits per heavy atom. The van der Waals surface area contributed by atoms with Crippen molar-refractivity contribution in [3.8, 4) is 0 Å². The topological polar surface area (TPSA) is 240 Å². The lowest BCUT2D eigenvalue weighted by Crippen LogP contribution is -2.61. The first-order chi connectivity index (χ1) is 26.1. The molecule has 3 fully saturated rings. The number of hydrogen-bond acceptors (Lipinski definition) is 17. The van der Waals surface area contributed by atoms with Gasteiger partial charge in [0, 0.05) is 44.4 Å². The number of aliphatic hydroxyl groups excluding tert-OH is 3. The molecule has 0 aliphatic carbocycles. The molecule has 3 saturated heterocycles. The van der Waals surface area contributed by atoms with Crippen LogP contribution in [0.25, 0.3) is 0 Å². The van der Waals surface area contributed by atoms with E-state index in [4.69, 9.17) is 48.5 Å². The molecule has 3 aliphatic heterocycles. The molecule has 0 spiro atoms. The van der Waals surface area contributed by atoms with Crippen LogP contribution in [0.4, 0.5) is 0 Å². The Kier molecular flexibility index (Phi) is 17.9. The molecule has 3 heterocycles. The summed E-state index contributed by atoms with van der Waals surface area (Å²) >= 11 is 0. The Hall–Kier alpha value is -1.58. The predicted octanol–water partition coefficient (Wildman–Crippen LogP) is 1.61. The Bertz CT molecular complexity index is 1260. The lowest BCUT2D eigenvalue weighted by Gasteiger charge is -2.48. The van der Waals surface area contributed by atoms with Gasteiger partial charge in [-0.1, -0.05) is 32.9 Å². The number of nitrogens with zero attached hydrogens (tertiary/aromatic N) is 1. The Morgan fingerprint density at radius 3 is 2.18 bits per heavy atom. The van der Waals surface area contributed by atoms with Crippen LogP contribution in [-0.2, 0) is 47.5 Å². The highest BCUT2D eigenvalue weighted by molar-refractivity contribution is 5.88. The van der Waals surface area contributed by atoms with Crippen molar-refractivity contribution in [1.82, 2.24) is 0 Å². The average molecular weight is 809 g/mol. The third-order valence-electron chi connectivity index (χ3n) is 12.0. The number of carbonyl (C=O) groups is 1. The maximum Gasteiger partial charge on any atom is 0.311 e. The molecule has 8 unspecified atom stereocenters. The first-order valence-corrected chi connectivity index (χ1v) is 19.9. The fraction of sp³-hybridized carbons (Fsp3) is 0.949. The van der Waals surface area contributed by atoms with Gasteiger partial charge in [-0.05, 0) is 60.8 Å². The number of methoxy groups -OCH3 is 2. The van der Waals surface area contributed by atoms with Gasteiger partial charge >= 0.3 is 5.97 Å². The van der Waals surface area contributed by atoms with E-state index < -0.39 is 108 Å². The van der Waals surface area contributed by atoms with E-state index in [2.05, 4.69) is 5.16 Å². The molecule has 17 heteroatoms. The van der Waals surface area contributed by atoms with Crippen LogP contribution in [0, 0.1) is 23.7 Å². The highest BCUT2D eigenvalue weighted by Crippen LogP contribution is 2.40. The fourth-order valence-electron chi connectivity index (χ4n) is 8.48. The van der Waals surface area contributed by atoms with Crippen LogP contribution in [0.5, 0.6) is 0 Å². The van der Waals surface area contributed by atoms with E-state index in [0.717, 1.165) is 0 Å². The van der Waals surface area contributed by atoms with Crippen LogP contribution < -0.4 is 5.73 Å². The minimum atomic E-state index is -1.97. The SMILES string of the molecule is CC[C@@H]1OC(=O)C(C)[C@H](OC2C[C@@](C)(OC)[C@@H](O)C(C)O2)C(C)[C@@H](OC2OC(C)CC(N)[C@H]2O)[C@](C)(O)C[C@@H](C)/C(=N/OCOCCOC)C(C)[C@@H](O)[C@]1(C)O. The Labute approximate surface area is 332 Å². The van der Waals surface area contributed by atoms with Gasteiger partial charge in [-0.3, -0.25) is 4.79 Å². The van der Waals surface area contributed by atoms with E-state index in [1.54, 1.807) is 62.3 Å². The molecule has 328 valence electrons. The quantitative estimate of drug-likeness (QED) is 0.0711. The molecule has 0 amide bonds. The molecule has 0 bridgehead atoms. The zero-order valence-electron chi connectivity index (χ0n) is 35.5. The van der Waals surface area contributed by atoms with Crippen molar-refractivity contribution in [2.24, 2.45) is 34.6 Å². The molecule has 17 nitrogen and oxygen atoms in total. The molecular weight excluding hydrogens is 736 g/mol. The maximum absolute atomic E-state index is 14.2. The molecule has 7 N–H and O–H groups in total. The van der Waals surface area contributed by atoms with Crippen molar-refractivity contribution in [1.29, 1.82) is 0 Å². The lowest BCUT2D eigenvalue weighted by atomic mass is 9.73. The maximum atomic E-state index is 14.2. The molecule has 0 aromatic carbocycles. The van der Waals surface area contributed by atoms with E-state index in [9.17, 15) is 30.3 Å². The van der Waals surface area contributed by atoms with Crippen molar-refractivity contribution >= 4 is 11.7 Å². The number of ether oxygens (including phenoxy) is 8. The Morgan fingerprint density at radius 1 is 0.911 bits per heavy atom. The molecule has 0 saturated carbocycles. The standard InChI is InChI=1S/C39H72N2O15/c1-13-27-39(10,47)32(43)22(4)29(41-51-19-50-15-14-48-11)20(2)17-37(8,46)34(56-36-30(42)26(40)16-21(3)52-36)23(5)31(24(6)35(45)54-27)55-28-18-38(9,49-12)33(44)25(7)53-28/h20-28,30-34,36,42-44,46-47H,13-19,40H2,1-12H3/b41-29-/t20-,21?,22?,23?,24?,25?,26?,27+,28?,30-,31-,32-,33+,34-,36?,37-,38-,39-/m1/s1. The molecule has 56 heavy (non-hydrogen) atoms. The lowest BCUT2D eigenvalue weighted by molar-refractivity contribution is -0.315. The first-order valence-electron chi connectivity index (χ1n) is 19.9. The number of carbonyl (C=O) groups excluding carboxylic acids is 1. The highest BCUT2D eigenvalue weighted by atomic mass is 16.7. The van der Waals surface area contributed by atoms with E-state index in [0.29, 0.717) is 13.0 Å². The second-order valence-corrected chi connectivity index (χ2v) is 16.9. The van der Waals surface area contributed by atoms with Gasteiger partial charge in [0.15, 0.2) is 12.6 Å². The van der Waals surface area contributed by atoms with Crippen LogP contribution in [0.3, 0.4) is 0 Å². The molecule has 0 aromatic heterocycles. The highest BCUT2D eigenvalue weighted by Gasteiger charge is 2.53. The summed E-state index contributed by atoms with van der Waals surface area (Å²) in [5, 5.41) is 62.8. The Balaban J connectivity index is 2.20. The van der Waals surface area contributed by atoms with Crippen LogP contribution in [-0.4, -0.2) is 156 Å². The summed E-state index contributed by atoms with van der Waals surface area (Å²) in [5.74, 6) is -4.20. The second-order valence-electron chi connectivity index (χ2n) is 16.9. The van der Waals surface area contributed by atoms with Gasteiger partial charge in [-0.2, -0.15) is 0 Å². The molecule has 0 aromatic rings. The summed E-state index contributed by atoms with van der Waals surface area (Å²) in [6.45, 7) is 17.0. The molecule has 3 aliphatic rings. The largest absolute Gasteiger partial charge is 0.459 e. The van der Waals surface area contributed by atoms with Crippen molar-refractivity contribution in [2.75, 3.05) is 34.2 Å². The second kappa shape index (κ2) is 20.6. The third kappa shape index (κ3) is 11.6. The van der Waals surface area contributed by atoms with Crippen molar-refractivity contribution < 1.29 is 73.1 Å². The van der Waals surface area contributed by atoms with Gasteiger partial charge in [0.05, 0.1) is 66.6 Å². The minimum absolute atomic E-state index is 0.0496. The number of hydrogen-bond donors (Lipinski definition) is 6. The summed E-state index contributed by atoms with van der Waals surface area (Å²) in [4.78, 5) is 19.8. The normalized spacial score (nSPS) is 46.9. The number of cyclic esters (lactones) is 1. The molecular formula is C39H72N2O15. The minimum Gasteiger partial charge on any atom is -0.459 e. The van der Waals surface area contributed by atoms with Crippen LogP contribution in [0.2, 0.25) is 0 Å². The van der Waals surface area contributed by atoms with E-state index in [1.165, 1.54) is 21.1 Å². The zero-order valence-corrected chi connectivity index (χ0v) is 35.5. The zero-order chi connectivity index (χ0) is 42.3. The van der Waals surface area contributed by atoms with Crippen molar-refractivity contribution in [3.63, 3.8) is 0 Å². The predicted molar refractivity (Wildman–Crippen MR) is 203 cm³/mol. The molecule has 0 radical (unpaired) electrons. The first kappa shape index (κ1) is 48.8. The van der Waals surface area contributed by atoms with Gasteiger partial charge in [0.1, 0.15) is 23.9 Å². The number of oxime groups is 1. The molecule has 18 atom stereocenters. The fourth-order valence-corrected chi connectivity index (χ4v) is 8.48. The van der Waals surface area contributed by atoms with Crippen LogP contribution in [0.15, 0.2) is 5.16 Å². The van der Waals surface area contributed by atoms with Gasteiger partial charge < -0.3 is 74.0 Å². The summed E-state index contributed by atoms with van der Waals surface area (Å²) in [7, 11) is 3.02. The number of rotatable bonds is 12. The smallest absolute Gasteiger partial charge is 0.311 e. The number of aliphatic hydroxyl groups is 5. The van der Waals surface area contributed by atoms with Crippen molar-refractivity contribution in [2.45, 2.75) is 179 Å². The van der Waals surface area contributed by atoms with Gasteiger partial charge in [0.2, 0.25) is 6.79 Å². The molecule has 3 rings (SSSR count). The summed E-state index contributed by atoms with van der Waals surface area (Å²) in [6.07, 6.45) is -10.0. The van der Waals surface area contributed by atoms with Gasteiger partial charge in [0.25, 0.3) is 0 Å². The van der Waals surface area contributed by atoms with E-state index in [1.807, 2.05) is 0 Å². The van der Waals surface area contributed by atoms with Crippen molar-refractivity contribution in [3.05, 3.63) is 0 Å². The van der Waals surface area contributed by atoms with Crippen LogP contribution >= 0.6 is 0 Å². The summed E-state index contributed by atoms with van der Waals surface area (Å²) in [6, 6.07) is -0.680. The summed E-state index contributed by atoms with van der Waals surface area (Å²) < 4.78 is 47.6. The van der Waals surface area contributed by atoms with Crippen LogP contribution in [0.1, 0.15) is 94.9 Å². The van der Waals surface area contributed by atoms with E-state index >= 15 is 0 Å². The number of nitrogens with two attached hydrogens (primary N) is 1. The average Bonchev–Trinajstić information content (AvgIpc) is 3.13.